The van der Waals surface area contributed by atoms with Gasteiger partial charge in [0.2, 0.25) is 0 Å². The summed E-state index contributed by atoms with van der Waals surface area (Å²) in [6.45, 7) is 2.09. The van der Waals surface area contributed by atoms with E-state index in [4.69, 9.17) is 10.5 Å². The molecule has 0 aromatic heterocycles. The van der Waals surface area contributed by atoms with Gasteiger partial charge < -0.3 is 15.6 Å². The molecule has 0 saturated heterocycles. The van der Waals surface area contributed by atoms with Gasteiger partial charge in [-0.05, 0) is 12.5 Å². The zero-order valence-electron chi connectivity index (χ0n) is 9.06. The van der Waals surface area contributed by atoms with E-state index in [0.717, 1.165) is 18.4 Å². The summed E-state index contributed by atoms with van der Waals surface area (Å²) in [4.78, 5) is 0. The molecule has 1 aromatic rings. The fraction of sp³-hybridized carbons (Fsp3) is 0.455. The van der Waals surface area contributed by atoms with Crippen molar-refractivity contribution in [3.8, 4) is 11.5 Å². The number of phenolic OH excluding ortho intramolecular Hbond substituents is 1. The van der Waals surface area contributed by atoms with Gasteiger partial charge in [-0.2, -0.15) is 0 Å². The molecule has 0 saturated carbocycles. The second-order valence-electron chi connectivity index (χ2n) is 3.32. The van der Waals surface area contributed by atoms with Crippen LogP contribution in [0.3, 0.4) is 0 Å². The molecular formula is C11H18ClNO2. The first-order valence-electron chi connectivity index (χ1n) is 4.81. The second-order valence-corrected chi connectivity index (χ2v) is 3.32. The van der Waals surface area contributed by atoms with Crippen LogP contribution in [0.2, 0.25) is 0 Å². The Morgan fingerprint density at radius 1 is 1.47 bits per heavy atom. The molecule has 0 fully saturated rings. The average molecular weight is 232 g/mol. The number of nitrogens with two attached hydrogens (primary N) is 1. The van der Waals surface area contributed by atoms with E-state index in [1.807, 2.05) is 6.07 Å². The summed E-state index contributed by atoms with van der Waals surface area (Å²) in [7, 11) is 1.58. The first kappa shape index (κ1) is 14.1. The van der Waals surface area contributed by atoms with Crippen LogP contribution in [0.4, 0.5) is 0 Å². The summed E-state index contributed by atoms with van der Waals surface area (Å²) in [6, 6.07) is 5.02. The van der Waals surface area contributed by atoms with E-state index in [1.165, 1.54) is 0 Å². The Kier molecular flexibility index (Phi) is 6.13. The molecule has 0 bridgehead atoms. The summed E-state index contributed by atoms with van der Waals surface area (Å²) >= 11 is 0. The first-order chi connectivity index (χ1) is 6.69. The lowest BCUT2D eigenvalue weighted by molar-refractivity contribution is 0.397. The van der Waals surface area contributed by atoms with Gasteiger partial charge in [-0.1, -0.05) is 19.4 Å². The Balaban J connectivity index is 0.00000196. The van der Waals surface area contributed by atoms with Crippen molar-refractivity contribution in [2.24, 2.45) is 5.73 Å². The van der Waals surface area contributed by atoms with E-state index in [-0.39, 0.29) is 24.2 Å². The zero-order chi connectivity index (χ0) is 10.6. The van der Waals surface area contributed by atoms with Crippen LogP contribution < -0.4 is 10.5 Å². The molecule has 3 N–H and O–H groups in total. The highest BCUT2D eigenvalue weighted by atomic mass is 35.5. The van der Waals surface area contributed by atoms with Crippen LogP contribution in [-0.2, 0) is 0 Å². The molecule has 86 valence electrons. The zero-order valence-corrected chi connectivity index (χ0v) is 9.88. The Morgan fingerprint density at radius 3 is 2.67 bits per heavy atom. The second kappa shape index (κ2) is 6.53. The third kappa shape index (κ3) is 3.61. The van der Waals surface area contributed by atoms with Gasteiger partial charge in [0.15, 0.2) is 0 Å². The maximum Gasteiger partial charge on any atom is 0.127 e. The molecule has 0 unspecified atom stereocenters. The minimum atomic E-state index is -0.0180. The van der Waals surface area contributed by atoms with Crippen LogP contribution in [0, 0.1) is 0 Å². The van der Waals surface area contributed by atoms with E-state index in [9.17, 15) is 5.11 Å². The highest BCUT2D eigenvalue weighted by molar-refractivity contribution is 5.85. The van der Waals surface area contributed by atoms with E-state index in [1.54, 1.807) is 19.2 Å². The van der Waals surface area contributed by atoms with E-state index in [0.29, 0.717) is 5.75 Å². The van der Waals surface area contributed by atoms with Crippen molar-refractivity contribution in [2.45, 2.75) is 25.8 Å². The molecule has 0 amide bonds. The summed E-state index contributed by atoms with van der Waals surface area (Å²) < 4.78 is 5.15. The molecule has 0 aliphatic carbocycles. The number of ether oxygens (including phenoxy) is 1. The number of halogens is 1. The summed E-state index contributed by atoms with van der Waals surface area (Å²) in [6.07, 6.45) is 1.95. The summed E-state index contributed by atoms with van der Waals surface area (Å²) in [5.41, 5.74) is 6.92. The molecule has 0 aliphatic heterocycles. The highest BCUT2D eigenvalue weighted by Gasteiger charge is 2.11. The Morgan fingerprint density at radius 2 is 2.13 bits per heavy atom. The third-order valence-corrected chi connectivity index (χ3v) is 2.22. The van der Waals surface area contributed by atoms with Gasteiger partial charge >= 0.3 is 0 Å². The number of benzene rings is 1. The minimum absolute atomic E-state index is 0. The maximum absolute atomic E-state index is 9.26. The average Bonchev–Trinajstić information content (AvgIpc) is 2.17. The first-order valence-corrected chi connectivity index (χ1v) is 4.81. The topological polar surface area (TPSA) is 55.5 Å². The van der Waals surface area contributed by atoms with E-state index < -0.39 is 0 Å². The number of methoxy groups -OCH3 is 1. The van der Waals surface area contributed by atoms with Gasteiger partial charge in [-0.3, -0.25) is 0 Å². The number of aromatic hydroxyl groups is 1. The van der Waals surface area contributed by atoms with Gasteiger partial charge in [0.05, 0.1) is 7.11 Å². The molecule has 3 nitrogen and oxygen atoms in total. The molecule has 15 heavy (non-hydrogen) atoms. The van der Waals surface area contributed by atoms with Crippen molar-refractivity contribution >= 4 is 12.4 Å². The van der Waals surface area contributed by atoms with Crippen LogP contribution in [-0.4, -0.2) is 12.2 Å². The van der Waals surface area contributed by atoms with Crippen molar-refractivity contribution < 1.29 is 9.84 Å². The van der Waals surface area contributed by atoms with Crippen molar-refractivity contribution in [1.82, 2.24) is 0 Å². The monoisotopic (exact) mass is 231 g/mol. The van der Waals surface area contributed by atoms with E-state index >= 15 is 0 Å². The molecule has 0 spiro atoms. The molecule has 1 aromatic carbocycles. The molecule has 0 heterocycles. The molecule has 0 aliphatic rings. The van der Waals surface area contributed by atoms with Gasteiger partial charge in [0.1, 0.15) is 11.5 Å². The Bertz CT molecular complexity index is 305. The predicted molar refractivity (Wildman–Crippen MR) is 63.7 cm³/mol. The lowest BCUT2D eigenvalue weighted by atomic mass is 10.0. The third-order valence-electron chi connectivity index (χ3n) is 2.22. The lowest BCUT2D eigenvalue weighted by Crippen LogP contribution is -2.10. The molecule has 4 heteroatoms. The number of rotatable bonds is 4. The standard InChI is InChI=1S/C11H17NO2.ClH/c1-3-4-10(12)9-6-5-8(13)7-11(9)14-2;/h5-7,10,13H,3-4,12H2,1-2H3;1H/t10-;/m1./s1. The quantitative estimate of drug-likeness (QED) is 0.838. The summed E-state index contributed by atoms with van der Waals surface area (Å²) in [5, 5.41) is 9.26. The fourth-order valence-electron chi connectivity index (χ4n) is 1.47. The molecule has 0 radical (unpaired) electrons. The number of hydrogen-bond donors (Lipinski definition) is 2. The normalized spacial score (nSPS) is 11.7. The van der Waals surface area contributed by atoms with Crippen molar-refractivity contribution in [1.29, 1.82) is 0 Å². The highest BCUT2D eigenvalue weighted by Crippen LogP contribution is 2.29. The van der Waals surface area contributed by atoms with Crippen molar-refractivity contribution in [3.05, 3.63) is 23.8 Å². The minimum Gasteiger partial charge on any atom is -0.508 e. The van der Waals surface area contributed by atoms with Gasteiger partial charge in [-0.15, -0.1) is 12.4 Å². The Labute approximate surface area is 96.7 Å². The van der Waals surface area contributed by atoms with Crippen molar-refractivity contribution in [2.75, 3.05) is 7.11 Å². The number of hydrogen-bond acceptors (Lipinski definition) is 3. The van der Waals surface area contributed by atoms with Crippen LogP contribution in [0.15, 0.2) is 18.2 Å². The lowest BCUT2D eigenvalue weighted by Gasteiger charge is -2.14. The number of phenols is 1. The fourth-order valence-corrected chi connectivity index (χ4v) is 1.47. The predicted octanol–water partition coefficient (Wildman–Crippen LogP) is 2.62. The Hall–Kier alpha value is -0.930. The molecular weight excluding hydrogens is 214 g/mol. The molecule has 1 rings (SSSR count). The van der Waals surface area contributed by atoms with E-state index in [2.05, 4.69) is 6.92 Å². The molecule has 1 atom stereocenters. The maximum atomic E-state index is 9.26. The van der Waals surface area contributed by atoms with Crippen LogP contribution >= 0.6 is 12.4 Å². The van der Waals surface area contributed by atoms with Gasteiger partial charge in [-0.25, -0.2) is 0 Å². The van der Waals surface area contributed by atoms with Crippen molar-refractivity contribution in [3.63, 3.8) is 0 Å². The van der Waals surface area contributed by atoms with Crippen LogP contribution in [0.25, 0.3) is 0 Å². The largest absolute Gasteiger partial charge is 0.508 e. The van der Waals surface area contributed by atoms with Crippen LogP contribution in [0.5, 0.6) is 11.5 Å². The van der Waals surface area contributed by atoms with Gasteiger partial charge in [0, 0.05) is 17.7 Å². The summed E-state index contributed by atoms with van der Waals surface area (Å²) in [5.74, 6) is 0.861. The van der Waals surface area contributed by atoms with Crippen LogP contribution in [0.1, 0.15) is 31.4 Å². The SMILES string of the molecule is CCC[C@@H](N)c1ccc(O)cc1OC.Cl. The van der Waals surface area contributed by atoms with Gasteiger partial charge in [0.25, 0.3) is 0 Å². The smallest absolute Gasteiger partial charge is 0.127 e.